The first-order chi connectivity index (χ1) is 19.1. The normalized spacial score (nSPS) is 12.8. The van der Waals surface area contributed by atoms with E-state index in [9.17, 15) is 9.46 Å². The molecule has 11 heteroatoms. The molecule has 8 nitrogen and oxygen atoms in total. The summed E-state index contributed by atoms with van der Waals surface area (Å²) in [5, 5.41) is 0. The number of rotatable bonds is 30. The smallest absolute Gasteiger partial charge is 1.00 e. The molecule has 0 heterocycles. The second kappa shape index (κ2) is 35.5. The van der Waals surface area contributed by atoms with Gasteiger partial charge in [-0.25, -0.2) is 4.57 Å². The third-order valence-electron chi connectivity index (χ3n) is 7.00. The molecular weight excluding hydrogens is 574 g/mol. The van der Waals surface area contributed by atoms with Crippen LogP contribution in [0, 0.1) is 0 Å². The molecule has 246 valence electrons. The van der Waals surface area contributed by atoms with Gasteiger partial charge in [0.05, 0.1) is 13.2 Å². The summed E-state index contributed by atoms with van der Waals surface area (Å²) in [6, 6.07) is 0. The Labute approximate surface area is 277 Å². The predicted molar refractivity (Wildman–Crippen MR) is 168 cm³/mol. The van der Waals surface area contributed by atoms with Crippen molar-refractivity contribution in [3.63, 3.8) is 0 Å². The number of hydrogen-bond donors (Lipinski definition) is 3. The van der Waals surface area contributed by atoms with E-state index in [0.29, 0.717) is 13.2 Å². The Morgan fingerprint density at radius 3 is 0.854 bits per heavy atom. The number of phosphoric acid groups is 1. The molecule has 0 aliphatic heterocycles. The van der Waals surface area contributed by atoms with Crippen LogP contribution in [0.1, 0.15) is 182 Å². The Balaban J connectivity index is -0.000000943. The van der Waals surface area contributed by atoms with Gasteiger partial charge in [-0.2, -0.15) is 8.42 Å². The zero-order chi connectivity index (χ0) is 30.2. The van der Waals surface area contributed by atoms with Crippen molar-refractivity contribution in [2.45, 2.75) is 181 Å². The first kappa shape index (κ1) is 46.4. The van der Waals surface area contributed by atoms with Crippen LogP contribution in [-0.2, 0) is 24.0 Å². The molecule has 0 aliphatic carbocycles. The van der Waals surface area contributed by atoms with E-state index in [-0.39, 0.29) is 31.0 Å². The molecular formula is C30H66NaO8PS. The molecule has 0 saturated carbocycles. The SMILES string of the molecule is CCCCCCCCCCCCCCCCCCOP(=O)(O)OCCCCCCCCCCCC.O=S(=O)(O)O.[H-].[Na+]. The van der Waals surface area contributed by atoms with Gasteiger partial charge < -0.3 is 6.32 Å². The third kappa shape index (κ3) is 50.9. The molecule has 3 N–H and O–H groups in total. The van der Waals surface area contributed by atoms with Crippen LogP contribution >= 0.6 is 7.82 Å². The van der Waals surface area contributed by atoms with Gasteiger partial charge >= 0.3 is 47.8 Å². The molecule has 41 heavy (non-hydrogen) atoms. The van der Waals surface area contributed by atoms with Gasteiger partial charge in [-0.3, -0.25) is 18.2 Å². The largest absolute Gasteiger partial charge is 1.00 e. The Hall–Kier alpha value is 0.980. The van der Waals surface area contributed by atoms with Gasteiger partial charge in [-0.15, -0.1) is 0 Å². The Morgan fingerprint density at radius 2 is 0.659 bits per heavy atom. The van der Waals surface area contributed by atoms with Crippen LogP contribution < -0.4 is 29.6 Å². The zero-order valence-electron chi connectivity index (χ0n) is 28.0. The van der Waals surface area contributed by atoms with Gasteiger partial charge in [0.25, 0.3) is 0 Å². The summed E-state index contributed by atoms with van der Waals surface area (Å²) < 4.78 is 53.8. The predicted octanol–water partition coefficient (Wildman–Crippen LogP) is 7.77. The maximum Gasteiger partial charge on any atom is 1.00 e. The van der Waals surface area contributed by atoms with Crippen molar-refractivity contribution in [3.05, 3.63) is 0 Å². The van der Waals surface area contributed by atoms with E-state index >= 15 is 0 Å². The van der Waals surface area contributed by atoms with Gasteiger partial charge in [0.15, 0.2) is 0 Å². The van der Waals surface area contributed by atoms with Crippen molar-refractivity contribution >= 4 is 18.2 Å². The Bertz CT molecular complexity index is 651. The summed E-state index contributed by atoms with van der Waals surface area (Å²) in [6.45, 7) is 5.17. The van der Waals surface area contributed by atoms with E-state index in [4.69, 9.17) is 26.6 Å². The molecule has 0 rings (SSSR count). The van der Waals surface area contributed by atoms with Crippen LogP contribution in [0.3, 0.4) is 0 Å². The van der Waals surface area contributed by atoms with E-state index in [2.05, 4.69) is 13.8 Å². The molecule has 1 atom stereocenters. The van der Waals surface area contributed by atoms with Crippen LogP contribution in [0.4, 0.5) is 0 Å². The molecule has 0 spiro atoms. The minimum absolute atomic E-state index is 0. The van der Waals surface area contributed by atoms with Crippen molar-refractivity contribution in [1.29, 1.82) is 0 Å². The topological polar surface area (TPSA) is 130 Å². The maximum atomic E-state index is 11.9. The van der Waals surface area contributed by atoms with E-state index in [0.717, 1.165) is 25.7 Å². The van der Waals surface area contributed by atoms with Gasteiger partial charge in [0, 0.05) is 0 Å². The molecule has 0 aromatic heterocycles. The van der Waals surface area contributed by atoms with E-state index in [1.54, 1.807) is 0 Å². The summed E-state index contributed by atoms with van der Waals surface area (Å²) >= 11 is 0. The van der Waals surface area contributed by atoms with Crippen LogP contribution in [0.5, 0.6) is 0 Å². The van der Waals surface area contributed by atoms with Crippen molar-refractivity contribution in [2.24, 2.45) is 0 Å². The Kier molecular flexibility index (Phi) is 40.1. The number of unbranched alkanes of at least 4 members (excludes halogenated alkanes) is 24. The first-order valence-electron chi connectivity index (χ1n) is 16.4. The summed E-state index contributed by atoms with van der Waals surface area (Å²) in [4.78, 5) is 9.79. The van der Waals surface area contributed by atoms with Crippen molar-refractivity contribution in [2.75, 3.05) is 13.2 Å². The van der Waals surface area contributed by atoms with E-state index in [1.165, 1.54) is 141 Å². The number of hydrogen-bond acceptors (Lipinski definition) is 5. The molecule has 1 unspecified atom stereocenters. The quantitative estimate of drug-likeness (QED) is 0.0314. The maximum absolute atomic E-state index is 11.9. The van der Waals surface area contributed by atoms with E-state index in [1.807, 2.05) is 0 Å². The minimum Gasteiger partial charge on any atom is -1.00 e. The summed E-state index contributed by atoms with van der Waals surface area (Å²) in [5.74, 6) is 0. The fourth-order valence-electron chi connectivity index (χ4n) is 4.64. The molecule has 0 amide bonds. The molecule has 0 radical (unpaired) electrons. The summed E-state index contributed by atoms with van der Waals surface area (Å²) in [7, 11) is -8.53. The van der Waals surface area contributed by atoms with Crippen molar-refractivity contribution < 1.29 is 67.0 Å². The summed E-state index contributed by atoms with van der Waals surface area (Å²) in [6.07, 6.45) is 33.5. The molecule has 0 bridgehead atoms. The van der Waals surface area contributed by atoms with E-state index < -0.39 is 18.2 Å². The average Bonchev–Trinajstić information content (AvgIpc) is 2.88. The second-order valence-electron chi connectivity index (χ2n) is 11.1. The third-order valence-corrected chi connectivity index (χ3v) is 8.02. The number of phosphoric ester groups is 1. The minimum atomic E-state index is -4.67. The fraction of sp³-hybridized carbons (Fsp3) is 1.00. The first-order valence-corrected chi connectivity index (χ1v) is 19.3. The molecule has 0 fully saturated rings. The Morgan fingerprint density at radius 1 is 0.488 bits per heavy atom. The van der Waals surface area contributed by atoms with Gasteiger partial charge in [-0.1, -0.05) is 168 Å². The van der Waals surface area contributed by atoms with Crippen molar-refractivity contribution in [1.82, 2.24) is 0 Å². The van der Waals surface area contributed by atoms with Crippen molar-refractivity contribution in [3.8, 4) is 0 Å². The van der Waals surface area contributed by atoms with Crippen LogP contribution in [-0.4, -0.2) is 35.6 Å². The van der Waals surface area contributed by atoms with Crippen LogP contribution in [0.15, 0.2) is 0 Å². The van der Waals surface area contributed by atoms with Crippen LogP contribution in [0.25, 0.3) is 0 Å². The molecule has 0 aromatic carbocycles. The monoisotopic (exact) mass is 640 g/mol. The van der Waals surface area contributed by atoms with Gasteiger partial charge in [-0.05, 0) is 12.8 Å². The molecule has 0 aliphatic rings. The summed E-state index contributed by atoms with van der Waals surface area (Å²) in [5.41, 5.74) is 0. The standard InChI is InChI=1S/C30H63O4P.Na.H2O4S.H/c1-3-5-7-9-11-13-15-16-17-18-19-20-22-24-26-28-30-34-35(31,32)33-29-27-25-23-21-14-12-10-8-6-4-2;;1-5(2,3)4;/h3-30H2,1-2H3,(H,31,32);;(H2,1,2,3,4);/q;+1;;-1. The van der Waals surface area contributed by atoms with Crippen LogP contribution in [0.2, 0.25) is 0 Å². The molecule has 0 saturated heterocycles. The fourth-order valence-corrected chi connectivity index (χ4v) is 5.43. The van der Waals surface area contributed by atoms with Gasteiger partial charge in [0.2, 0.25) is 0 Å². The second-order valence-corrected chi connectivity index (χ2v) is 13.4. The molecule has 0 aromatic rings. The average molecular weight is 641 g/mol. The zero-order valence-corrected chi connectivity index (χ0v) is 30.7. The van der Waals surface area contributed by atoms with Gasteiger partial charge in [0.1, 0.15) is 0 Å².